The van der Waals surface area contributed by atoms with E-state index in [2.05, 4.69) is 5.32 Å². The minimum atomic E-state index is -1.27. The minimum Gasteiger partial charge on any atom is -0.758 e. The molecule has 1 aliphatic heterocycles. The molecule has 0 spiro atoms. The van der Waals surface area contributed by atoms with Gasteiger partial charge in [0.25, 0.3) is 5.91 Å². The van der Waals surface area contributed by atoms with Crippen molar-refractivity contribution in [3.8, 4) is 0 Å². The van der Waals surface area contributed by atoms with Crippen molar-refractivity contribution in [3.63, 3.8) is 0 Å². The van der Waals surface area contributed by atoms with E-state index in [1.807, 2.05) is 39.0 Å². The second-order valence-corrected chi connectivity index (χ2v) is 8.25. The Balaban J connectivity index is 1.77. The van der Waals surface area contributed by atoms with Gasteiger partial charge in [-0.25, -0.2) is 5.06 Å². The molecule has 32 heavy (non-hydrogen) atoms. The van der Waals surface area contributed by atoms with Crippen molar-refractivity contribution in [2.24, 2.45) is 0 Å². The van der Waals surface area contributed by atoms with Crippen LogP contribution in [0.15, 0.2) is 42.5 Å². The second kappa shape index (κ2) is 9.50. The van der Waals surface area contributed by atoms with Crippen molar-refractivity contribution in [1.29, 1.82) is 0 Å². The summed E-state index contributed by atoms with van der Waals surface area (Å²) in [6, 6.07) is 9.80. The number of amides is 1. The van der Waals surface area contributed by atoms with Gasteiger partial charge in [-0.2, -0.15) is 0 Å². The van der Waals surface area contributed by atoms with Crippen molar-refractivity contribution < 1.29 is 19.6 Å². The molecule has 2 aromatic rings. The van der Waals surface area contributed by atoms with Crippen molar-refractivity contribution >= 4 is 34.5 Å². The van der Waals surface area contributed by atoms with E-state index in [4.69, 9.17) is 0 Å². The smallest absolute Gasteiger partial charge is 0.292 e. The zero-order valence-corrected chi connectivity index (χ0v) is 18.7. The number of nitrogens with zero attached hydrogens (tertiary/aromatic N) is 2. The highest BCUT2D eigenvalue weighted by Crippen LogP contribution is 2.37. The molecular formula is C24H28N3O5-. The third-order valence-corrected chi connectivity index (χ3v) is 5.80. The predicted molar refractivity (Wildman–Crippen MR) is 123 cm³/mol. The van der Waals surface area contributed by atoms with Gasteiger partial charge in [-0.3, -0.25) is 19.6 Å². The number of ketones is 2. The third-order valence-electron chi connectivity index (χ3n) is 5.80. The van der Waals surface area contributed by atoms with Gasteiger partial charge in [0, 0.05) is 11.7 Å². The summed E-state index contributed by atoms with van der Waals surface area (Å²) in [5.41, 5.74) is 2.79. The molecule has 1 aliphatic rings. The number of carbonyl (C=O) groups is 3. The van der Waals surface area contributed by atoms with Crippen LogP contribution in [0.2, 0.25) is 0 Å². The van der Waals surface area contributed by atoms with E-state index in [1.165, 1.54) is 13.0 Å². The molecular weight excluding hydrogens is 410 g/mol. The molecule has 0 bridgehead atoms. The quantitative estimate of drug-likeness (QED) is 0.499. The average molecular weight is 439 g/mol. The second-order valence-electron chi connectivity index (χ2n) is 8.25. The van der Waals surface area contributed by atoms with Gasteiger partial charge in [0.1, 0.15) is 6.04 Å². The van der Waals surface area contributed by atoms with E-state index in [-0.39, 0.29) is 17.3 Å². The van der Waals surface area contributed by atoms with Crippen LogP contribution in [-0.2, 0) is 20.8 Å². The number of aryl methyl sites for hydroxylation is 1. The average Bonchev–Trinajstić information content (AvgIpc) is 2.77. The molecule has 2 unspecified atom stereocenters. The molecule has 0 aliphatic carbocycles. The Morgan fingerprint density at radius 3 is 2.38 bits per heavy atom. The van der Waals surface area contributed by atoms with Gasteiger partial charge in [-0.05, 0) is 42.5 Å². The highest BCUT2D eigenvalue weighted by Gasteiger charge is 2.38. The Morgan fingerprint density at radius 1 is 1.09 bits per heavy atom. The van der Waals surface area contributed by atoms with Crippen molar-refractivity contribution in [1.82, 2.24) is 0 Å². The van der Waals surface area contributed by atoms with Crippen LogP contribution in [0, 0.1) is 5.21 Å². The van der Waals surface area contributed by atoms with E-state index < -0.39 is 36.0 Å². The number of hydroxylamine groups is 2. The predicted octanol–water partition coefficient (Wildman–Crippen LogP) is 3.81. The molecule has 170 valence electrons. The highest BCUT2D eigenvalue weighted by atomic mass is 16.5. The van der Waals surface area contributed by atoms with E-state index >= 15 is 0 Å². The van der Waals surface area contributed by atoms with Gasteiger partial charge in [-0.15, -0.1) is 0 Å². The van der Waals surface area contributed by atoms with Crippen LogP contribution < -0.4 is 15.4 Å². The summed E-state index contributed by atoms with van der Waals surface area (Å²) < 4.78 is 0. The first-order valence-electron chi connectivity index (χ1n) is 10.7. The van der Waals surface area contributed by atoms with Crippen molar-refractivity contribution in [3.05, 3.63) is 58.8 Å². The first-order valence-corrected chi connectivity index (χ1v) is 10.7. The number of nitrogens with one attached hydrogen (secondary N) is 1. The number of anilines is 3. The summed E-state index contributed by atoms with van der Waals surface area (Å²) in [7, 11) is 0. The number of fused-ring (bicyclic) bond motifs is 1. The number of hydrogen-bond donors (Lipinski definition) is 2. The molecule has 1 amide bonds. The molecule has 0 radical (unpaired) electrons. The Hall–Kier alpha value is -3.23. The lowest BCUT2D eigenvalue weighted by Crippen LogP contribution is -2.56. The maximum atomic E-state index is 12.9. The standard InChI is InChI=1S/C24H28N3O5/c1-5-16-9-8-10-17(14(2)3)22(16)25-24(30)21(29)13-20(28)23-15(4)26(31)18-11-6-7-12-19(18)27(23)32/h6-12,14-15,23,32H,5,13H2,1-4H3,(H,25,30)/q-1. The lowest BCUT2D eigenvalue weighted by Gasteiger charge is -2.49. The number of para-hydroxylation sites is 3. The minimum absolute atomic E-state index is 0.127. The van der Waals surface area contributed by atoms with E-state index in [9.17, 15) is 24.8 Å². The van der Waals surface area contributed by atoms with Crippen LogP contribution in [0.25, 0.3) is 0 Å². The zero-order chi connectivity index (χ0) is 23.6. The molecule has 0 fully saturated rings. The number of carbonyl (C=O) groups excluding carboxylic acids is 3. The van der Waals surface area contributed by atoms with Crippen LogP contribution >= 0.6 is 0 Å². The molecule has 0 aromatic heterocycles. The first-order chi connectivity index (χ1) is 15.2. The van der Waals surface area contributed by atoms with Gasteiger partial charge in [0.2, 0.25) is 5.78 Å². The van der Waals surface area contributed by atoms with Gasteiger partial charge in [0.05, 0.1) is 17.8 Å². The number of benzene rings is 2. The molecule has 1 heterocycles. The molecule has 0 saturated carbocycles. The van der Waals surface area contributed by atoms with Crippen LogP contribution in [0.3, 0.4) is 0 Å². The van der Waals surface area contributed by atoms with Gasteiger partial charge < -0.3 is 15.6 Å². The molecule has 3 rings (SSSR count). The summed E-state index contributed by atoms with van der Waals surface area (Å²) in [6.07, 6.45) is -0.0552. The largest absolute Gasteiger partial charge is 0.758 e. The monoisotopic (exact) mass is 438 g/mol. The summed E-state index contributed by atoms with van der Waals surface area (Å²) >= 11 is 0. The van der Waals surface area contributed by atoms with Crippen LogP contribution in [-0.4, -0.2) is 34.8 Å². The molecule has 8 heteroatoms. The lowest BCUT2D eigenvalue weighted by molar-refractivity contribution is -0.138. The molecule has 2 aromatic carbocycles. The maximum absolute atomic E-state index is 12.9. The summed E-state index contributed by atoms with van der Waals surface area (Å²) in [4.78, 5) is 38.1. The number of rotatable bonds is 7. The fraction of sp³-hybridized carbons (Fsp3) is 0.375. The summed E-state index contributed by atoms with van der Waals surface area (Å²) in [5, 5.41) is 27.2. The van der Waals surface area contributed by atoms with Crippen LogP contribution in [0.1, 0.15) is 51.2 Å². The van der Waals surface area contributed by atoms with Crippen LogP contribution in [0.4, 0.5) is 17.1 Å². The SMILES string of the molecule is CCc1cccc(C(C)C)c1NC(=O)C(=O)CC(=O)C1C(C)N([O-])c2ccccc2N1O. The molecule has 8 nitrogen and oxygen atoms in total. The Labute approximate surface area is 187 Å². The van der Waals surface area contributed by atoms with E-state index in [0.717, 1.165) is 11.1 Å². The zero-order valence-electron chi connectivity index (χ0n) is 18.7. The van der Waals surface area contributed by atoms with Gasteiger partial charge in [-0.1, -0.05) is 51.1 Å². The fourth-order valence-corrected chi connectivity index (χ4v) is 4.03. The maximum Gasteiger partial charge on any atom is 0.292 e. The first kappa shape index (κ1) is 23.4. The van der Waals surface area contributed by atoms with Gasteiger partial charge >= 0.3 is 0 Å². The summed E-state index contributed by atoms with van der Waals surface area (Å²) in [6.45, 7) is 7.42. The third kappa shape index (κ3) is 4.37. The van der Waals surface area contributed by atoms with Crippen LogP contribution in [0.5, 0.6) is 0 Å². The number of hydrogen-bond acceptors (Lipinski definition) is 7. The fourth-order valence-electron chi connectivity index (χ4n) is 4.03. The highest BCUT2D eigenvalue weighted by molar-refractivity contribution is 6.43. The topological polar surface area (TPSA) is 113 Å². The van der Waals surface area contributed by atoms with E-state index in [1.54, 1.807) is 18.2 Å². The van der Waals surface area contributed by atoms with Crippen molar-refractivity contribution in [2.45, 2.75) is 58.5 Å². The van der Waals surface area contributed by atoms with Crippen molar-refractivity contribution in [2.75, 3.05) is 15.4 Å². The Bertz CT molecular complexity index is 1040. The number of Topliss-reactive ketones (excluding diaryl/α,β-unsaturated/α-hetero) is 2. The molecule has 2 N–H and O–H groups in total. The lowest BCUT2D eigenvalue weighted by atomic mass is 9.95. The molecule has 2 atom stereocenters. The Kier molecular flexibility index (Phi) is 6.96. The Morgan fingerprint density at radius 2 is 1.75 bits per heavy atom. The van der Waals surface area contributed by atoms with E-state index in [0.29, 0.717) is 22.2 Å². The van der Waals surface area contributed by atoms with Gasteiger partial charge in [0.15, 0.2) is 5.78 Å². The molecule has 0 saturated heterocycles. The summed E-state index contributed by atoms with van der Waals surface area (Å²) in [5.74, 6) is -2.40. The normalized spacial score (nSPS) is 17.8.